The number of hydrogen-bond donors (Lipinski definition) is 2. The third-order valence-electron chi connectivity index (χ3n) is 3.85. The Hall–Kier alpha value is -3.16. The van der Waals surface area contributed by atoms with Gasteiger partial charge in [0.2, 0.25) is 0 Å². The maximum atomic E-state index is 11.8. The van der Waals surface area contributed by atoms with Gasteiger partial charge in [-0.2, -0.15) is 0 Å². The maximum absolute atomic E-state index is 11.8. The van der Waals surface area contributed by atoms with E-state index in [1.54, 1.807) is 41.8 Å². The summed E-state index contributed by atoms with van der Waals surface area (Å²) in [6, 6.07) is 14.2. The highest BCUT2D eigenvalue weighted by atomic mass is 35.5. The fraction of sp³-hybridized carbons (Fsp3) is 0. The van der Waals surface area contributed by atoms with Crippen molar-refractivity contribution in [2.45, 2.75) is 0 Å². The first-order chi connectivity index (χ1) is 13.0. The second-order valence-electron chi connectivity index (χ2n) is 5.62. The van der Waals surface area contributed by atoms with E-state index in [2.05, 4.69) is 9.98 Å². The van der Waals surface area contributed by atoms with Crippen LogP contribution in [0.15, 0.2) is 63.3 Å². The molecule has 0 aliphatic rings. The molecule has 2 aromatic carbocycles. The normalized spacial score (nSPS) is 11.8. The molecular weight excluding hydrogens is 386 g/mol. The predicted molar refractivity (Wildman–Crippen MR) is 106 cm³/mol. The number of oxazole rings is 1. The molecule has 2 aromatic heterocycles. The molecule has 0 bridgehead atoms. The molecule has 0 aliphatic carbocycles. The van der Waals surface area contributed by atoms with E-state index < -0.39 is 5.97 Å². The van der Waals surface area contributed by atoms with E-state index in [4.69, 9.17) is 21.8 Å². The molecule has 8 heteroatoms. The van der Waals surface area contributed by atoms with E-state index in [9.17, 15) is 9.90 Å². The zero-order valence-corrected chi connectivity index (χ0v) is 15.3. The number of carboxylic acid groups (broad SMARTS) is 1. The number of carboxylic acids is 1. The maximum Gasteiger partial charge on any atom is 0.339 e. The lowest BCUT2D eigenvalue weighted by molar-refractivity contribution is 0.0699. The number of para-hydroxylation sites is 2. The number of carbonyl (C=O) groups is 1. The monoisotopic (exact) mass is 397 g/mol. The van der Waals surface area contributed by atoms with E-state index in [1.165, 1.54) is 11.3 Å². The Morgan fingerprint density at radius 3 is 2.63 bits per heavy atom. The Kier molecular flexibility index (Phi) is 4.39. The second-order valence-corrected chi connectivity index (χ2v) is 6.94. The van der Waals surface area contributed by atoms with Crippen molar-refractivity contribution in [3.8, 4) is 10.4 Å². The number of amidine groups is 1. The molecule has 0 radical (unpaired) electrons. The molecule has 0 saturated heterocycles. The SMILES string of the molecule is NC(=Nc1csc(-c2ccc(Cl)cc2)c1C(=O)O)c1nc2ccccc2o1. The van der Waals surface area contributed by atoms with Gasteiger partial charge in [-0.1, -0.05) is 35.9 Å². The standard InChI is InChI=1S/C19H12ClN3O3S/c20-11-7-5-10(6-8-11)16-15(19(24)25)13(9-27-16)22-17(21)18-23-12-3-1-2-4-14(12)26-18/h1-9H,(H2,21,22)(H,24,25). The van der Waals surface area contributed by atoms with Crippen molar-refractivity contribution in [2.24, 2.45) is 10.7 Å². The number of aromatic nitrogens is 1. The highest BCUT2D eigenvalue weighted by Gasteiger charge is 2.20. The Bertz CT molecular complexity index is 1150. The minimum absolute atomic E-state index is 0.00848. The van der Waals surface area contributed by atoms with Crippen LogP contribution >= 0.6 is 22.9 Å². The molecule has 3 N–H and O–H groups in total. The lowest BCUT2D eigenvalue weighted by Crippen LogP contribution is -2.13. The Balaban J connectivity index is 1.78. The van der Waals surface area contributed by atoms with Gasteiger partial charge in [-0.25, -0.2) is 14.8 Å². The highest BCUT2D eigenvalue weighted by Crippen LogP contribution is 2.38. The van der Waals surface area contributed by atoms with Gasteiger partial charge in [-0.3, -0.25) is 0 Å². The largest absolute Gasteiger partial charge is 0.478 e. The van der Waals surface area contributed by atoms with Crippen molar-refractivity contribution in [3.05, 3.63) is 70.4 Å². The van der Waals surface area contributed by atoms with Gasteiger partial charge in [0.05, 0.1) is 10.6 Å². The molecule has 27 heavy (non-hydrogen) atoms. The van der Waals surface area contributed by atoms with Crippen LogP contribution in [0.3, 0.4) is 0 Å². The third kappa shape index (κ3) is 3.30. The summed E-state index contributed by atoms with van der Waals surface area (Å²) in [7, 11) is 0. The topological polar surface area (TPSA) is 102 Å². The van der Waals surface area contributed by atoms with Crippen LogP contribution < -0.4 is 5.73 Å². The van der Waals surface area contributed by atoms with Crippen LogP contribution in [0, 0.1) is 0 Å². The van der Waals surface area contributed by atoms with Crippen LogP contribution in [0.5, 0.6) is 0 Å². The van der Waals surface area contributed by atoms with Gasteiger partial charge in [-0.15, -0.1) is 11.3 Å². The number of benzene rings is 2. The average molecular weight is 398 g/mol. The summed E-state index contributed by atoms with van der Waals surface area (Å²) in [6.45, 7) is 0. The minimum Gasteiger partial charge on any atom is -0.478 e. The molecule has 0 aliphatic heterocycles. The average Bonchev–Trinajstić information content (AvgIpc) is 3.26. The minimum atomic E-state index is -1.09. The van der Waals surface area contributed by atoms with Gasteiger partial charge in [0.25, 0.3) is 5.89 Å². The summed E-state index contributed by atoms with van der Waals surface area (Å²) in [5, 5.41) is 11.9. The molecule has 0 fully saturated rings. The Morgan fingerprint density at radius 1 is 1.19 bits per heavy atom. The lowest BCUT2D eigenvalue weighted by atomic mass is 10.1. The summed E-state index contributed by atoms with van der Waals surface area (Å²) < 4.78 is 5.58. The number of rotatable bonds is 4. The fourth-order valence-corrected chi connectivity index (χ4v) is 3.72. The van der Waals surface area contributed by atoms with Crippen molar-refractivity contribution in [2.75, 3.05) is 0 Å². The van der Waals surface area contributed by atoms with Crippen molar-refractivity contribution in [1.82, 2.24) is 4.98 Å². The predicted octanol–water partition coefficient (Wildman–Crippen LogP) is 4.94. The number of halogens is 1. The van der Waals surface area contributed by atoms with Gasteiger partial charge >= 0.3 is 5.97 Å². The smallest absolute Gasteiger partial charge is 0.339 e. The Labute approximate surface area is 162 Å². The van der Waals surface area contributed by atoms with Crippen LogP contribution in [0.4, 0.5) is 5.69 Å². The van der Waals surface area contributed by atoms with Crippen molar-refractivity contribution in [1.29, 1.82) is 0 Å². The highest BCUT2D eigenvalue weighted by molar-refractivity contribution is 7.14. The van der Waals surface area contributed by atoms with Crippen molar-refractivity contribution >= 4 is 51.5 Å². The fourth-order valence-electron chi connectivity index (χ4n) is 2.61. The summed E-state index contributed by atoms with van der Waals surface area (Å²) in [4.78, 5) is 20.9. The number of hydrogen-bond acceptors (Lipinski definition) is 5. The molecule has 0 unspecified atom stereocenters. The van der Waals surface area contributed by atoms with Gasteiger partial charge in [0.1, 0.15) is 11.1 Å². The van der Waals surface area contributed by atoms with Gasteiger partial charge in [0, 0.05) is 10.4 Å². The molecule has 0 atom stereocenters. The number of fused-ring (bicyclic) bond motifs is 1. The molecule has 2 heterocycles. The van der Waals surface area contributed by atoms with E-state index in [1.807, 2.05) is 12.1 Å². The van der Waals surface area contributed by atoms with Crippen LogP contribution in [-0.2, 0) is 0 Å². The summed E-state index contributed by atoms with van der Waals surface area (Å²) in [5.74, 6) is -0.939. The second kappa shape index (κ2) is 6.86. The quantitative estimate of drug-likeness (QED) is 0.375. The molecule has 4 aromatic rings. The number of aromatic carboxylic acids is 1. The number of thiophene rings is 1. The van der Waals surface area contributed by atoms with Crippen LogP contribution in [0.1, 0.15) is 16.2 Å². The van der Waals surface area contributed by atoms with Crippen LogP contribution in [0.25, 0.3) is 21.5 Å². The third-order valence-corrected chi connectivity index (χ3v) is 5.11. The first-order valence-electron chi connectivity index (χ1n) is 7.84. The number of nitrogens with two attached hydrogens (primary N) is 1. The molecule has 134 valence electrons. The molecule has 0 saturated carbocycles. The van der Waals surface area contributed by atoms with E-state index in [-0.39, 0.29) is 23.0 Å². The number of nitrogens with zero attached hydrogens (tertiary/aromatic N) is 2. The van der Waals surface area contributed by atoms with Gasteiger partial charge in [-0.05, 0) is 29.8 Å². The zero-order valence-electron chi connectivity index (χ0n) is 13.7. The first kappa shape index (κ1) is 17.3. The van der Waals surface area contributed by atoms with Crippen molar-refractivity contribution < 1.29 is 14.3 Å². The van der Waals surface area contributed by atoms with Crippen LogP contribution in [-0.4, -0.2) is 21.9 Å². The van der Waals surface area contributed by atoms with E-state index in [0.717, 1.165) is 5.56 Å². The zero-order chi connectivity index (χ0) is 19.0. The van der Waals surface area contributed by atoms with Gasteiger partial charge in [0.15, 0.2) is 11.4 Å². The molecule has 4 rings (SSSR count). The van der Waals surface area contributed by atoms with Gasteiger partial charge < -0.3 is 15.3 Å². The summed E-state index contributed by atoms with van der Waals surface area (Å²) in [6.07, 6.45) is 0. The Morgan fingerprint density at radius 2 is 1.93 bits per heavy atom. The molecule has 6 nitrogen and oxygen atoms in total. The molecular formula is C19H12ClN3O3S. The summed E-state index contributed by atoms with van der Waals surface area (Å²) in [5.41, 5.74) is 8.30. The molecule has 0 amide bonds. The molecule has 0 spiro atoms. The van der Waals surface area contributed by atoms with Crippen molar-refractivity contribution in [3.63, 3.8) is 0 Å². The lowest BCUT2D eigenvalue weighted by Gasteiger charge is -2.02. The van der Waals surface area contributed by atoms with E-state index in [0.29, 0.717) is 21.0 Å². The van der Waals surface area contributed by atoms with E-state index >= 15 is 0 Å². The first-order valence-corrected chi connectivity index (χ1v) is 9.09. The van der Waals surface area contributed by atoms with Crippen LogP contribution in [0.2, 0.25) is 5.02 Å². The summed E-state index contributed by atoms with van der Waals surface area (Å²) >= 11 is 7.18. The number of aliphatic imine (C=N–C) groups is 1.